The second-order valence-electron chi connectivity index (χ2n) is 9.66. The van der Waals surface area contributed by atoms with Crippen LogP contribution in [-0.2, 0) is 26.2 Å². The highest BCUT2D eigenvalue weighted by Gasteiger charge is 2.29. The average molecular weight is 532 g/mol. The molecule has 0 saturated heterocycles. The van der Waals surface area contributed by atoms with Gasteiger partial charge in [-0.2, -0.15) is 0 Å². The first kappa shape index (κ1) is 30.2. The summed E-state index contributed by atoms with van der Waals surface area (Å²) in [5, 5.41) is 2.95. The maximum Gasteiger partial charge on any atom is 0.242 e. The number of rotatable bonds is 14. The molecule has 9 heteroatoms. The van der Waals surface area contributed by atoms with Gasteiger partial charge in [-0.25, -0.2) is 8.42 Å². The van der Waals surface area contributed by atoms with Crippen molar-refractivity contribution in [3.8, 4) is 5.75 Å². The lowest BCUT2D eigenvalue weighted by Crippen LogP contribution is -2.49. The Balaban J connectivity index is 2.24. The molecule has 0 radical (unpaired) electrons. The number of anilines is 1. The van der Waals surface area contributed by atoms with E-state index in [4.69, 9.17) is 4.74 Å². The van der Waals surface area contributed by atoms with E-state index in [1.807, 2.05) is 64.1 Å². The molecule has 1 N–H and O–H groups in total. The normalized spacial score (nSPS) is 12.2. The predicted octanol–water partition coefficient (Wildman–Crippen LogP) is 4.13. The summed E-state index contributed by atoms with van der Waals surface area (Å²) < 4.78 is 31.7. The van der Waals surface area contributed by atoms with Crippen LogP contribution in [0.1, 0.15) is 51.2 Å². The maximum atomic E-state index is 13.5. The van der Waals surface area contributed by atoms with E-state index >= 15 is 0 Å². The number of benzene rings is 2. The fourth-order valence-corrected chi connectivity index (χ4v) is 5.16. The predicted molar refractivity (Wildman–Crippen MR) is 148 cm³/mol. The SMILES string of the molecule is CC[C@@H](C(=O)NCC(C)C)N(Cc1cccc(OC)c1)C(=O)CCCN(c1ccccc1C)S(C)(=O)=O. The number of para-hydroxylation sites is 1. The Hall–Kier alpha value is -3.07. The van der Waals surface area contributed by atoms with Crippen LogP contribution in [0.2, 0.25) is 0 Å². The number of aryl methyl sites for hydroxylation is 1. The number of carbonyl (C=O) groups is 2. The van der Waals surface area contributed by atoms with Crippen LogP contribution in [0.15, 0.2) is 48.5 Å². The smallest absolute Gasteiger partial charge is 0.242 e. The number of nitrogens with one attached hydrogen (secondary N) is 1. The number of methoxy groups -OCH3 is 1. The molecule has 2 aromatic rings. The molecule has 1 atom stereocenters. The van der Waals surface area contributed by atoms with Crippen molar-refractivity contribution in [3.63, 3.8) is 0 Å². The zero-order valence-corrected chi connectivity index (χ0v) is 23.7. The molecular formula is C28H41N3O5S. The number of hydrogen-bond donors (Lipinski definition) is 1. The van der Waals surface area contributed by atoms with Crippen LogP contribution in [0.25, 0.3) is 0 Å². The van der Waals surface area contributed by atoms with Crippen LogP contribution < -0.4 is 14.4 Å². The number of carbonyl (C=O) groups excluding carboxylic acids is 2. The van der Waals surface area contributed by atoms with Crippen LogP contribution in [0.4, 0.5) is 5.69 Å². The highest BCUT2D eigenvalue weighted by Crippen LogP contribution is 2.23. The Morgan fingerprint density at radius 2 is 1.78 bits per heavy atom. The molecule has 8 nitrogen and oxygen atoms in total. The third-order valence-corrected chi connectivity index (χ3v) is 7.27. The summed E-state index contributed by atoms with van der Waals surface area (Å²) in [5.74, 6) is 0.564. The van der Waals surface area contributed by atoms with Crippen molar-refractivity contribution in [2.75, 3.05) is 30.8 Å². The van der Waals surface area contributed by atoms with Crippen LogP contribution >= 0.6 is 0 Å². The molecular weight excluding hydrogens is 490 g/mol. The molecule has 0 aliphatic carbocycles. The van der Waals surface area contributed by atoms with Crippen LogP contribution in [0.3, 0.4) is 0 Å². The zero-order valence-electron chi connectivity index (χ0n) is 22.9. The van der Waals surface area contributed by atoms with E-state index in [-0.39, 0.29) is 37.2 Å². The second-order valence-corrected chi connectivity index (χ2v) is 11.6. The lowest BCUT2D eigenvalue weighted by atomic mass is 10.1. The van der Waals surface area contributed by atoms with Gasteiger partial charge in [0.1, 0.15) is 11.8 Å². The van der Waals surface area contributed by atoms with Crippen LogP contribution in [0.5, 0.6) is 5.75 Å². The Labute approximate surface area is 222 Å². The third kappa shape index (κ3) is 9.07. The topological polar surface area (TPSA) is 96.0 Å². The van der Waals surface area contributed by atoms with Gasteiger partial charge in [-0.1, -0.05) is 51.1 Å². The Morgan fingerprint density at radius 1 is 1.08 bits per heavy atom. The number of amides is 2. The first-order chi connectivity index (χ1) is 17.5. The quantitative estimate of drug-likeness (QED) is 0.396. The first-order valence-electron chi connectivity index (χ1n) is 12.7. The van der Waals surface area contributed by atoms with E-state index < -0.39 is 16.1 Å². The van der Waals surface area contributed by atoms with Gasteiger partial charge in [0.15, 0.2) is 0 Å². The van der Waals surface area contributed by atoms with Gasteiger partial charge < -0.3 is 15.0 Å². The van der Waals surface area contributed by atoms with E-state index in [2.05, 4.69) is 5.32 Å². The van der Waals surface area contributed by atoms with Gasteiger partial charge in [0.2, 0.25) is 21.8 Å². The van der Waals surface area contributed by atoms with Crippen LogP contribution in [0, 0.1) is 12.8 Å². The van der Waals surface area contributed by atoms with Crippen molar-refractivity contribution in [1.82, 2.24) is 10.2 Å². The molecule has 2 aromatic carbocycles. The summed E-state index contributed by atoms with van der Waals surface area (Å²) in [5.41, 5.74) is 2.29. The summed E-state index contributed by atoms with van der Waals surface area (Å²) >= 11 is 0. The summed E-state index contributed by atoms with van der Waals surface area (Å²) in [6.45, 7) is 8.71. The molecule has 0 bridgehead atoms. The Bertz CT molecular complexity index is 1150. The van der Waals surface area contributed by atoms with Gasteiger partial charge in [0, 0.05) is 26.1 Å². The van der Waals surface area contributed by atoms with E-state index in [1.165, 1.54) is 10.6 Å². The third-order valence-electron chi connectivity index (χ3n) is 6.09. The molecule has 0 spiro atoms. The van der Waals surface area contributed by atoms with Gasteiger partial charge in [-0.3, -0.25) is 13.9 Å². The molecule has 0 aromatic heterocycles. The Kier molecular flexibility index (Phi) is 11.4. The minimum atomic E-state index is -3.53. The molecule has 204 valence electrons. The first-order valence-corrected chi connectivity index (χ1v) is 14.6. The van der Waals surface area contributed by atoms with Crippen molar-refractivity contribution in [3.05, 3.63) is 59.7 Å². The maximum absolute atomic E-state index is 13.5. The van der Waals surface area contributed by atoms with E-state index in [0.29, 0.717) is 30.8 Å². The van der Waals surface area contributed by atoms with Gasteiger partial charge >= 0.3 is 0 Å². The highest BCUT2D eigenvalue weighted by atomic mass is 32.2. The summed E-state index contributed by atoms with van der Waals surface area (Å²) in [6.07, 6.45) is 2.05. The number of nitrogens with zero attached hydrogens (tertiary/aromatic N) is 2. The largest absolute Gasteiger partial charge is 0.497 e. The van der Waals surface area contributed by atoms with Gasteiger partial charge in [-0.15, -0.1) is 0 Å². The van der Waals surface area contributed by atoms with E-state index in [1.54, 1.807) is 24.1 Å². The minimum absolute atomic E-state index is 0.107. The standard InChI is InChI=1S/C28H41N3O5S/c1-7-25(28(33)29-19-21(2)3)30(20-23-13-10-14-24(18-23)36-5)27(32)16-11-17-31(37(6,34)35)26-15-9-8-12-22(26)4/h8-10,12-15,18,21,25H,7,11,16-17,19-20H2,1-6H3,(H,29,33)/t25-/m0/s1. The molecule has 0 aliphatic heterocycles. The van der Waals surface area contributed by atoms with Crippen molar-refractivity contribution < 1.29 is 22.7 Å². The monoisotopic (exact) mass is 531 g/mol. The average Bonchev–Trinajstić information content (AvgIpc) is 2.85. The molecule has 0 saturated carbocycles. The number of sulfonamides is 1. The zero-order chi connectivity index (χ0) is 27.6. The molecule has 37 heavy (non-hydrogen) atoms. The lowest BCUT2D eigenvalue weighted by molar-refractivity contribution is -0.141. The highest BCUT2D eigenvalue weighted by molar-refractivity contribution is 7.92. The molecule has 0 fully saturated rings. The van der Waals surface area contributed by atoms with Crippen LogP contribution in [-0.4, -0.2) is 57.6 Å². The summed E-state index contributed by atoms with van der Waals surface area (Å²) in [4.78, 5) is 28.2. The summed E-state index contributed by atoms with van der Waals surface area (Å²) in [6, 6.07) is 14.1. The molecule has 2 rings (SSSR count). The molecule has 0 aliphatic rings. The van der Waals surface area contributed by atoms with Gasteiger partial charge in [-0.05, 0) is 55.0 Å². The van der Waals surface area contributed by atoms with Crippen molar-refractivity contribution in [2.45, 2.75) is 59.5 Å². The van der Waals surface area contributed by atoms with Crippen molar-refractivity contribution in [1.29, 1.82) is 0 Å². The van der Waals surface area contributed by atoms with Crippen molar-refractivity contribution >= 4 is 27.5 Å². The molecule has 2 amide bonds. The van der Waals surface area contributed by atoms with Gasteiger partial charge in [0.05, 0.1) is 19.1 Å². The number of hydrogen-bond acceptors (Lipinski definition) is 5. The Morgan fingerprint density at radius 3 is 2.38 bits per heavy atom. The molecule has 0 heterocycles. The van der Waals surface area contributed by atoms with Crippen molar-refractivity contribution in [2.24, 2.45) is 5.92 Å². The lowest BCUT2D eigenvalue weighted by Gasteiger charge is -2.31. The van der Waals surface area contributed by atoms with E-state index in [9.17, 15) is 18.0 Å². The minimum Gasteiger partial charge on any atom is -0.497 e. The fourth-order valence-electron chi connectivity index (χ4n) is 4.14. The second kappa shape index (κ2) is 14.0. The van der Waals surface area contributed by atoms with E-state index in [0.717, 1.165) is 11.1 Å². The van der Waals surface area contributed by atoms with Gasteiger partial charge in [0.25, 0.3) is 0 Å². The fraction of sp³-hybridized carbons (Fsp3) is 0.500. The molecule has 0 unspecified atom stereocenters. The summed E-state index contributed by atoms with van der Waals surface area (Å²) in [7, 11) is -1.95. The number of ether oxygens (including phenoxy) is 1.